The van der Waals surface area contributed by atoms with E-state index in [0.717, 1.165) is 17.0 Å². The third-order valence-corrected chi connectivity index (χ3v) is 3.38. The molecule has 1 N–H and O–H groups in total. The number of nitro groups is 1. The second-order valence-electron chi connectivity index (χ2n) is 4.85. The predicted molar refractivity (Wildman–Crippen MR) is 81.3 cm³/mol. The third kappa shape index (κ3) is 3.34. The molecule has 0 saturated heterocycles. The van der Waals surface area contributed by atoms with Crippen molar-refractivity contribution in [2.75, 3.05) is 5.32 Å². The van der Waals surface area contributed by atoms with Crippen LogP contribution in [0, 0.1) is 17.0 Å². The molecule has 0 spiro atoms. The van der Waals surface area contributed by atoms with Crippen molar-refractivity contribution in [1.82, 2.24) is 9.97 Å². The van der Waals surface area contributed by atoms with Gasteiger partial charge >= 0.3 is 0 Å². The Bertz CT molecular complexity index is 658. The van der Waals surface area contributed by atoms with Crippen LogP contribution in [0.15, 0.2) is 30.6 Å². The lowest BCUT2D eigenvalue weighted by atomic mass is 10.1. The van der Waals surface area contributed by atoms with Crippen molar-refractivity contribution in [3.05, 3.63) is 57.7 Å². The van der Waals surface area contributed by atoms with Crippen molar-refractivity contribution in [3.63, 3.8) is 0 Å². The van der Waals surface area contributed by atoms with Gasteiger partial charge in [-0.05, 0) is 26.3 Å². The molecule has 0 fully saturated rings. The normalized spacial score (nSPS) is 12.0. The first-order chi connectivity index (χ1) is 10.0. The third-order valence-electron chi connectivity index (χ3n) is 3.38. The molecule has 0 saturated carbocycles. The monoisotopic (exact) mass is 286 g/mol. The van der Waals surface area contributed by atoms with Crippen LogP contribution in [0.1, 0.15) is 36.8 Å². The number of aryl methyl sites for hydroxylation is 2. The second-order valence-corrected chi connectivity index (χ2v) is 4.85. The van der Waals surface area contributed by atoms with E-state index in [0.29, 0.717) is 12.1 Å². The number of nitro benzene ring substituents is 1. The van der Waals surface area contributed by atoms with Gasteiger partial charge in [0.1, 0.15) is 0 Å². The average molecular weight is 286 g/mol. The van der Waals surface area contributed by atoms with Gasteiger partial charge < -0.3 is 5.32 Å². The molecule has 0 bridgehead atoms. The maximum atomic E-state index is 11.1. The Balaban J connectivity index is 2.26. The molecular weight excluding hydrogens is 268 g/mol. The van der Waals surface area contributed by atoms with Crippen LogP contribution in [0.4, 0.5) is 11.4 Å². The number of hydrogen-bond donors (Lipinski definition) is 1. The first-order valence-electron chi connectivity index (χ1n) is 6.84. The minimum Gasteiger partial charge on any atom is -0.377 e. The fourth-order valence-corrected chi connectivity index (χ4v) is 2.28. The fraction of sp³-hybridized carbons (Fsp3) is 0.333. The number of nitrogens with one attached hydrogen (secondary N) is 1. The second kappa shape index (κ2) is 6.30. The summed E-state index contributed by atoms with van der Waals surface area (Å²) >= 11 is 0. The SMILES string of the molecule is CCc1ccc(NC(C)c2nccnc2C)cc1[N+](=O)[O-]. The van der Waals surface area contributed by atoms with E-state index >= 15 is 0 Å². The quantitative estimate of drug-likeness (QED) is 0.672. The molecule has 1 aromatic heterocycles. The summed E-state index contributed by atoms with van der Waals surface area (Å²) in [7, 11) is 0. The highest BCUT2D eigenvalue weighted by molar-refractivity contribution is 5.56. The van der Waals surface area contributed by atoms with Gasteiger partial charge in [-0.15, -0.1) is 0 Å². The molecule has 1 aromatic carbocycles. The van der Waals surface area contributed by atoms with E-state index in [4.69, 9.17) is 0 Å². The van der Waals surface area contributed by atoms with Crippen molar-refractivity contribution in [2.45, 2.75) is 33.2 Å². The molecular formula is C15H18N4O2. The lowest BCUT2D eigenvalue weighted by Gasteiger charge is -2.16. The van der Waals surface area contributed by atoms with E-state index in [9.17, 15) is 10.1 Å². The standard InChI is InChI=1S/C15H18N4O2/c1-4-12-5-6-13(9-14(12)19(20)21)18-11(3)15-10(2)16-7-8-17-15/h5-9,11,18H,4H2,1-3H3. The van der Waals surface area contributed by atoms with Gasteiger partial charge in [-0.1, -0.05) is 13.0 Å². The number of aromatic nitrogens is 2. The van der Waals surface area contributed by atoms with Crippen LogP contribution in [0.3, 0.4) is 0 Å². The van der Waals surface area contributed by atoms with Gasteiger partial charge in [-0.25, -0.2) is 0 Å². The minimum absolute atomic E-state index is 0.0780. The Hall–Kier alpha value is -2.50. The van der Waals surface area contributed by atoms with Crippen molar-refractivity contribution in [1.29, 1.82) is 0 Å². The van der Waals surface area contributed by atoms with Crippen LogP contribution >= 0.6 is 0 Å². The largest absolute Gasteiger partial charge is 0.377 e. The maximum Gasteiger partial charge on any atom is 0.274 e. The molecule has 6 heteroatoms. The summed E-state index contributed by atoms with van der Waals surface area (Å²) in [6.07, 6.45) is 3.92. The summed E-state index contributed by atoms with van der Waals surface area (Å²) in [4.78, 5) is 19.3. The van der Waals surface area contributed by atoms with Crippen LogP contribution in [0.25, 0.3) is 0 Å². The molecule has 110 valence electrons. The van der Waals surface area contributed by atoms with Crippen LogP contribution in [0.5, 0.6) is 0 Å². The number of nitrogens with zero attached hydrogens (tertiary/aromatic N) is 3. The maximum absolute atomic E-state index is 11.1. The van der Waals surface area contributed by atoms with Crippen molar-refractivity contribution in [2.24, 2.45) is 0 Å². The molecule has 1 atom stereocenters. The molecule has 0 radical (unpaired) electrons. The first-order valence-corrected chi connectivity index (χ1v) is 6.84. The molecule has 21 heavy (non-hydrogen) atoms. The summed E-state index contributed by atoms with van der Waals surface area (Å²) in [5.74, 6) is 0. The van der Waals surface area contributed by atoms with Gasteiger partial charge in [0.05, 0.1) is 22.4 Å². The Morgan fingerprint density at radius 1 is 1.33 bits per heavy atom. The molecule has 0 amide bonds. The van der Waals surface area contributed by atoms with Gasteiger partial charge in [0.2, 0.25) is 0 Å². The lowest BCUT2D eigenvalue weighted by Crippen LogP contribution is -2.11. The summed E-state index contributed by atoms with van der Waals surface area (Å²) < 4.78 is 0. The predicted octanol–water partition coefficient (Wildman–Crippen LogP) is 3.43. The van der Waals surface area contributed by atoms with E-state index in [-0.39, 0.29) is 16.7 Å². The van der Waals surface area contributed by atoms with Gasteiger partial charge in [-0.3, -0.25) is 20.1 Å². The van der Waals surface area contributed by atoms with E-state index in [1.165, 1.54) is 0 Å². The Labute approximate surface area is 123 Å². The molecule has 1 unspecified atom stereocenters. The van der Waals surface area contributed by atoms with Crippen LogP contribution in [-0.4, -0.2) is 14.9 Å². The Kier molecular flexibility index (Phi) is 4.47. The van der Waals surface area contributed by atoms with Crippen molar-refractivity contribution >= 4 is 11.4 Å². The van der Waals surface area contributed by atoms with Crippen LogP contribution in [-0.2, 0) is 6.42 Å². The van der Waals surface area contributed by atoms with Crippen molar-refractivity contribution in [3.8, 4) is 0 Å². The smallest absolute Gasteiger partial charge is 0.274 e. The van der Waals surface area contributed by atoms with E-state index < -0.39 is 0 Å². The van der Waals surface area contributed by atoms with Gasteiger partial charge in [0, 0.05) is 29.7 Å². The number of hydrogen-bond acceptors (Lipinski definition) is 5. The minimum atomic E-state index is -0.345. The van der Waals surface area contributed by atoms with Gasteiger partial charge in [0.15, 0.2) is 0 Å². The molecule has 6 nitrogen and oxygen atoms in total. The molecule has 0 aliphatic carbocycles. The average Bonchev–Trinajstić information content (AvgIpc) is 2.47. The van der Waals surface area contributed by atoms with Crippen molar-refractivity contribution < 1.29 is 4.92 Å². The zero-order valence-corrected chi connectivity index (χ0v) is 12.3. The summed E-state index contributed by atoms with van der Waals surface area (Å²) in [5, 5.41) is 14.3. The summed E-state index contributed by atoms with van der Waals surface area (Å²) in [5.41, 5.74) is 3.26. The van der Waals surface area contributed by atoms with Crippen LogP contribution < -0.4 is 5.32 Å². The summed E-state index contributed by atoms with van der Waals surface area (Å²) in [6, 6.07) is 5.14. The lowest BCUT2D eigenvalue weighted by molar-refractivity contribution is -0.385. The molecule has 0 aliphatic heterocycles. The fourth-order valence-electron chi connectivity index (χ4n) is 2.28. The topological polar surface area (TPSA) is 81.0 Å². The van der Waals surface area contributed by atoms with Gasteiger partial charge in [-0.2, -0.15) is 0 Å². The highest BCUT2D eigenvalue weighted by Crippen LogP contribution is 2.26. The Morgan fingerprint density at radius 3 is 2.67 bits per heavy atom. The number of rotatable bonds is 5. The highest BCUT2D eigenvalue weighted by Gasteiger charge is 2.15. The number of benzene rings is 1. The van der Waals surface area contributed by atoms with Gasteiger partial charge in [0.25, 0.3) is 5.69 Å². The number of anilines is 1. The molecule has 0 aliphatic rings. The summed E-state index contributed by atoms with van der Waals surface area (Å²) in [6.45, 7) is 5.75. The highest BCUT2D eigenvalue weighted by atomic mass is 16.6. The molecule has 1 heterocycles. The zero-order valence-electron chi connectivity index (χ0n) is 12.3. The zero-order chi connectivity index (χ0) is 15.4. The van der Waals surface area contributed by atoms with Crippen LogP contribution in [0.2, 0.25) is 0 Å². The van der Waals surface area contributed by atoms with E-state index in [1.807, 2.05) is 26.8 Å². The molecule has 2 aromatic rings. The first kappa shape index (κ1) is 14.9. The van der Waals surface area contributed by atoms with E-state index in [1.54, 1.807) is 24.5 Å². The van der Waals surface area contributed by atoms with E-state index in [2.05, 4.69) is 15.3 Å². The Morgan fingerprint density at radius 2 is 2.05 bits per heavy atom. The molecule has 2 rings (SSSR count).